The van der Waals surface area contributed by atoms with Gasteiger partial charge in [0.15, 0.2) is 0 Å². The van der Waals surface area contributed by atoms with Gasteiger partial charge >= 0.3 is 0 Å². The number of sulfonamides is 1. The quantitative estimate of drug-likeness (QED) is 0.741. The van der Waals surface area contributed by atoms with Crippen LogP contribution in [0.25, 0.3) is 0 Å². The molecule has 0 aliphatic rings. The minimum absolute atomic E-state index is 0.0675. The average Bonchev–Trinajstić information content (AvgIpc) is 2.51. The molecule has 0 aliphatic heterocycles. The van der Waals surface area contributed by atoms with Crippen LogP contribution in [0.4, 0.5) is 5.69 Å². The number of carbonyl (C=O) groups is 1. The highest BCUT2D eigenvalue weighted by molar-refractivity contribution is 8.00. The van der Waals surface area contributed by atoms with Crippen LogP contribution >= 0.6 is 11.8 Å². The molecular formula is C17H20N2O3S2. The molecule has 0 spiro atoms. The van der Waals surface area contributed by atoms with Gasteiger partial charge in [-0.05, 0) is 36.8 Å². The van der Waals surface area contributed by atoms with Crippen molar-refractivity contribution in [1.82, 2.24) is 5.32 Å². The van der Waals surface area contributed by atoms with Gasteiger partial charge in [0.25, 0.3) is 0 Å². The fraction of sp³-hybridized carbons (Fsp3) is 0.235. The van der Waals surface area contributed by atoms with Crippen LogP contribution in [-0.2, 0) is 21.4 Å². The fourth-order valence-electron chi connectivity index (χ4n) is 1.99. The SMILES string of the molecule is Cc1ccc(SCC(=O)NCc2cccc(NS(C)(=O)=O)c2)cc1. The van der Waals surface area contributed by atoms with Crippen LogP contribution in [-0.4, -0.2) is 26.3 Å². The van der Waals surface area contributed by atoms with E-state index >= 15 is 0 Å². The van der Waals surface area contributed by atoms with Gasteiger partial charge in [0.2, 0.25) is 15.9 Å². The third-order valence-electron chi connectivity index (χ3n) is 3.11. The standard InChI is InChI=1S/C17H20N2O3S2/c1-13-6-8-16(9-7-13)23-12-17(20)18-11-14-4-3-5-15(10-14)19-24(2,21)22/h3-10,19H,11-12H2,1-2H3,(H,18,20). The predicted molar refractivity (Wildman–Crippen MR) is 98.7 cm³/mol. The van der Waals surface area contributed by atoms with Gasteiger partial charge in [-0.3, -0.25) is 9.52 Å². The third kappa shape index (κ3) is 6.64. The first-order chi connectivity index (χ1) is 11.3. The average molecular weight is 364 g/mol. The van der Waals surface area contributed by atoms with Gasteiger partial charge in [0.05, 0.1) is 12.0 Å². The molecule has 1 amide bonds. The fourth-order valence-corrected chi connectivity index (χ4v) is 3.28. The number of benzene rings is 2. The molecule has 0 aliphatic carbocycles. The largest absolute Gasteiger partial charge is 0.351 e. The van der Waals surface area contributed by atoms with E-state index in [2.05, 4.69) is 10.0 Å². The summed E-state index contributed by atoms with van der Waals surface area (Å²) in [4.78, 5) is 13.0. The highest BCUT2D eigenvalue weighted by Gasteiger charge is 2.05. The van der Waals surface area contributed by atoms with Crippen molar-refractivity contribution in [3.05, 3.63) is 59.7 Å². The van der Waals surface area contributed by atoms with E-state index < -0.39 is 10.0 Å². The van der Waals surface area contributed by atoms with Crippen LogP contribution < -0.4 is 10.0 Å². The Morgan fingerprint density at radius 3 is 2.50 bits per heavy atom. The van der Waals surface area contributed by atoms with Gasteiger partial charge in [-0.15, -0.1) is 11.8 Å². The van der Waals surface area contributed by atoms with Crippen LogP contribution in [0.5, 0.6) is 0 Å². The summed E-state index contributed by atoms with van der Waals surface area (Å²) in [6, 6.07) is 15.0. The zero-order valence-corrected chi connectivity index (χ0v) is 15.2. The first kappa shape index (κ1) is 18.4. The summed E-state index contributed by atoms with van der Waals surface area (Å²) >= 11 is 1.48. The van der Waals surface area contributed by atoms with Gasteiger partial charge < -0.3 is 5.32 Å². The minimum atomic E-state index is -3.31. The highest BCUT2D eigenvalue weighted by Crippen LogP contribution is 2.18. The molecule has 0 radical (unpaired) electrons. The summed E-state index contributed by atoms with van der Waals surface area (Å²) in [7, 11) is -3.31. The van der Waals surface area contributed by atoms with E-state index in [0.29, 0.717) is 18.0 Å². The Kier molecular flexibility index (Phi) is 6.28. The van der Waals surface area contributed by atoms with Crippen molar-refractivity contribution in [3.8, 4) is 0 Å². The molecule has 0 atom stereocenters. The maximum absolute atomic E-state index is 11.9. The smallest absolute Gasteiger partial charge is 0.230 e. The molecule has 0 saturated carbocycles. The van der Waals surface area contributed by atoms with E-state index in [1.54, 1.807) is 18.2 Å². The Hall–Kier alpha value is -1.99. The number of aryl methyl sites for hydroxylation is 1. The molecule has 2 rings (SSSR count). The van der Waals surface area contributed by atoms with Crippen LogP contribution in [0.2, 0.25) is 0 Å². The molecule has 2 aromatic carbocycles. The predicted octanol–water partition coefficient (Wildman–Crippen LogP) is 2.78. The lowest BCUT2D eigenvalue weighted by atomic mass is 10.2. The van der Waals surface area contributed by atoms with Crippen LogP contribution in [0, 0.1) is 6.92 Å². The summed E-state index contributed by atoms with van der Waals surface area (Å²) in [6.07, 6.45) is 1.10. The second-order valence-corrected chi connectivity index (χ2v) is 8.25. The molecule has 5 nitrogen and oxygen atoms in total. The zero-order chi connectivity index (χ0) is 17.6. The summed E-state index contributed by atoms with van der Waals surface area (Å²) in [5.74, 6) is 0.270. The Morgan fingerprint density at radius 1 is 1.12 bits per heavy atom. The van der Waals surface area contributed by atoms with Gasteiger partial charge in [-0.2, -0.15) is 0 Å². The number of thioether (sulfide) groups is 1. The van der Waals surface area contributed by atoms with E-state index in [-0.39, 0.29) is 5.91 Å². The number of carbonyl (C=O) groups excluding carboxylic acids is 1. The lowest BCUT2D eigenvalue weighted by molar-refractivity contribution is -0.118. The number of amides is 1. The molecule has 0 saturated heterocycles. The first-order valence-corrected chi connectivity index (χ1v) is 10.2. The van der Waals surface area contributed by atoms with Gasteiger partial charge in [0.1, 0.15) is 0 Å². The Labute approximate surface area is 146 Å². The van der Waals surface area contributed by atoms with Crippen molar-refractivity contribution in [2.75, 3.05) is 16.7 Å². The topological polar surface area (TPSA) is 75.3 Å². The summed E-state index contributed by atoms with van der Waals surface area (Å²) in [5, 5.41) is 2.83. The van der Waals surface area contributed by atoms with Crippen molar-refractivity contribution in [2.24, 2.45) is 0 Å². The molecule has 128 valence electrons. The monoisotopic (exact) mass is 364 g/mol. The molecule has 2 N–H and O–H groups in total. The van der Waals surface area contributed by atoms with Crippen LogP contribution in [0.1, 0.15) is 11.1 Å². The lowest BCUT2D eigenvalue weighted by Gasteiger charge is -2.08. The third-order valence-corrected chi connectivity index (χ3v) is 4.73. The molecule has 0 heterocycles. The molecule has 0 bridgehead atoms. The summed E-state index contributed by atoms with van der Waals surface area (Å²) < 4.78 is 24.9. The molecule has 0 fully saturated rings. The highest BCUT2D eigenvalue weighted by atomic mass is 32.2. The van der Waals surface area contributed by atoms with E-state index in [9.17, 15) is 13.2 Å². The van der Waals surface area contributed by atoms with Crippen LogP contribution in [0.3, 0.4) is 0 Å². The summed E-state index contributed by atoms with van der Waals surface area (Å²) in [5.41, 5.74) is 2.50. The van der Waals surface area contributed by atoms with Gasteiger partial charge in [0, 0.05) is 17.1 Å². The normalized spacial score (nSPS) is 11.1. The minimum Gasteiger partial charge on any atom is -0.351 e. The Bertz CT molecular complexity index is 803. The summed E-state index contributed by atoms with van der Waals surface area (Å²) in [6.45, 7) is 2.38. The number of rotatable bonds is 7. The zero-order valence-electron chi connectivity index (χ0n) is 13.6. The van der Waals surface area contributed by atoms with E-state index in [1.807, 2.05) is 37.3 Å². The molecular weight excluding hydrogens is 344 g/mol. The van der Waals surface area contributed by atoms with E-state index in [0.717, 1.165) is 16.7 Å². The van der Waals surface area contributed by atoms with Gasteiger partial charge in [-0.25, -0.2) is 8.42 Å². The maximum atomic E-state index is 11.9. The van der Waals surface area contributed by atoms with E-state index in [1.165, 1.54) is 17.3 Å². The second-order valence-electron chi connectivity index (χ2n) is 5.45. The van der Waals surface area contributed by atoms with E-state index in [4.69, 9.17) is 0 Å². The molecule has 0 aromatic heterocycles. The Balaban J connectivity index is 1.83. The van der Waals surface area contributed by atoms with Crippen molar-refractivity contribution < 1.29 is 13.2 Å². The molecule has 24 heavy (non-hydrogen) atoms. The molecule has 0 unspecified atom stereocenters. The molecule has 2 aromatic rings. The Morgan fingerprint density at radius 2 is 1.83 bits per heavy atom. The maximum Gasteiger partial charge on any atom is 0.230 e. The van der Waals surface area contributed by atoms with Crippen molar-refractivity contribution in [3.63, 3.8) is 0 Å². The van der Waals surface area contributed by atoms with Crippen molar-refractivity contribution in [1.29, 1.82) is 0 Å². The lowest BCUT2D eigenvalue weighted by Crippen LogP contribution is -2.24. The van der Waals surface area contributed by atoms with Gasteiger partial charge in [-0.1, -0.05) is 29.8 Å². The van der Waals surface area contributed by atoms with Crippen LogP contribution in [0.15, 0.2) is 53.4 Å². The van der Waals surface area contributed by atoms with Crippen molar-refractivity contribution in [2.45, 2.75) is 18.4 Å². The first-order valence-electron chi connectivity index (χ1n) is 7.35. The number of hydrogen-bond donors (Lipinski definition) is 2. The molecule has 7 heteroatoms. The second kappa shape index (κ2) is 8.21. The number of hydrogen-bond acceptors (Lipinski definition) is 4. The van der Waals surface area contributed by atoms with Crippen molar-refractivity contribution >= 4 is 33.4 Å². The number of nitrogens with one attached hydrogen (secondary N) is 2. The number of anilines is 1.